The zero-order valence-electron chi connectivity index (χ0n) is 13.0. The normalized spacial score (nSPS) is 10.5. The van der Waals surface area contributed by atoms with Crippen molar-refractivity contribution >= 4 is 49.0 Å². The summed E-state index contributed by atoms with van der Waals surface area (Å²) in [6.07, 6.45) is 0. The zero-order chi connectivity index (χ0) is 16.4. The van der Waals surface area contributed by atoms with Gasteiger partial charge < -0.3 is 9.80 Å². The summed E-state index contributed by atoms with van der Waals surface area (Å²) in [6, 6.07) is 11.3. The number of carbonyl (C=O) groups is 1. The molecule has 2 rings (SSSR count). The Morgan fingerprint density at radius 2 is 1.14 bits per heavy atom. The molecule has 22 heavy (non-hydrogen) atoms. The first-order valence-electron chi connectivity index (χ1n) is 6.79. The molecule has 116 valence electrons. The molecule has 0 spiro atoms. The Morgan fingerprint density at radius 3 is 1.41 bits per heavy atom. The average molecular weight is 426 g/mol. The van der Waals surface area contributed by atoms with Crippen LogP contribution in [0.1, 0.15) is 15.9 Å². The highest BCUT2D eigenvalue weighted by Gasteiger charge is 2.13. The third-order valence-corrected chi connectivity index (χ3v) is 4.65. The Kier molecular flexibility index (Phi) is 5.29. The molecule has 3 nitrogen and oxygen atoms in total. The summed E-state index contributed by atoms with van der Waals surface area (Å²) in [7, 11) is 7.88. The SMILES string of the molecule is CN(C)c1ccc(C(=O)c2ccc(N(C)C)c(Br)c2)cc1Br. The van der Waals surface area contributed by atoms with Crippen molar-refractivity contribution in [3.8, 4) is 0 Å². The number of hydrogen-bond donors (Lipinski definition) is 0. The van der Waals surface area contributed by atoms with Crippen LogP contribution in [0.5, 0.6) is 0 Å². The molecule has 0 atom stereocenters. The molecule has 0 aromatic heterocycles. The number of benzene rings is 2. The molecule has 0 amide bonds. The maximum atomic E-state index is 12.6. The molecule has 2 aromatic carbocycles. The number of rotatable bonds is 4. The monoisotopic (exact) mass is 424 g/mol. The van der Waals surface area contributed by atoms with E-state index in [0.717, 1.165) is 20.3 Å². The van der Waals surface area contributed by atoms with E-state index in [-0.39, 0.29) is 5.78 Å². The Labute approximate surface area is 148 Å². The van der Waals surface area contributed by atoms with Gasteiger partial charge in [0.25, 0.3) is 0 Å². The highest BCUT2D eigenvalue weighted by molar-refractivity contribution is 9.11. The van der Waals surface area contributed by atoms with E-state index in [1.54, 1.807) is 0 Å². The van der Waals surface area contributed by atoms with Gasteiger partial charge in [-0.1, -0.05) is 0 Å². The second-order valence-corrected chi connectivity index (χ2v) is 7.16. The largest absolute Gasteiger partial charge is 0.377 e. The summed E-state index contributed by atoms with van der Waals surface area (Å²) in [6.45, 7) is 0. The summed E-state index contributed by atoms with van der Waals surface area (Å²) >= 11 is 7.05. The summed E-state index contributed by atoms with van der Waals surface area (Å²) in [5, 5.41) is 0. The van der Waals surface area contributed by atoms with E-state index >= 15 is 0 Å². The van der Waals surface area contributed by atoms with Crippen LogP contribution in [-0.4, -0.2) is 34.0 Å². The highest BCUT2D eigenvalue weighted by atomic mass is 79.9. The van der Waals surface area contributed by atoms with Crippen molar-refractivity contribution in [2.24, 2.45) is 0 Å². The van der Waals surface area contributed by atoms with Crippen LogP contribution in [0.2, 0.25) is 0 Å². The Bertz CT molecular complexity index is 652. The van der Waals surface area contributed by atoms with E-state index in [1.807, 2.05) is 74.4 Å². The van der Waals surface area contributed by atoms with Crippen molar-refractivity contribution in [1.29, 1.82) is 0 Å². The van der Waals surface area contributed by atoms with Crippen LogP contribution in [0.15, 0.2) is 45.3 Å². The quantitative estimate of drug-likeness (QED) is 0.670. The Hall–Kier alpha value is -1.33. The molecule has 0 aliphatic heterocycles. The molecule has 0 aliphatic rings. The fraction of sp³-hybridized carbons (Fsp3) is 0.235. The number of carbonyl (C=O) groups excluding carboxylic acids is 1. The standard InChI is InChI=1S/C17H18Br2N2O/c1-20(2)15-7-5-11(9-13(15)18)17(22)12-6-8-16(21(3)4)14(19)10-12/h5-10H,1-4H3. The van der Waals surface area contributed by atoms with E-state index in [9.17, 15) is 4.79 Å². The maximum Gasteiger partial charge on any atom is 0.193 e. The lowest BCUT2D eigenvalue weighted by Gasteiger charge is -2.16. The van der Waals surface area contributed by atoms with Gasteiger partial charge in [-0.15, -0.1) is 0 Å². The fourth-order valence-electron chi connectivity index (χ4n) is 2.19. The number of nitrogens with zero attached hydrogens (tertiary/aromatic N) is 2. The smallest absolute Gasteiger partial charge is 0.193 e. The van der Waals surface area contributed by atoms with Gasteiger partial charge in [0.05, 0.1) is 11.4 Å². The molecule has 0 bridgehead atoms. The predicted molar refractivity (Wildman–Crippen MR) is 100 cm³/mol. The van der Waals surface area contributed by atoms with Gasteiger partial charge in [0, 0.05) is 48.3 Å². The topological polar surface area (TPSA) is 23.6 Å². The van der Waals surface area contributed by atoms with Crippen molar-refractivity contribution in [2.75, 3.05) is 38.0 Å². The highest BCUT2D eigenvalue weighted by Crippen LogP contribution is 2.29. The molecular weight excluding hydrogens is 408 g/mol. The number of halogens is 2. The van der Waals surface area contributed by atoms with Crippen LogP contribution < -0.4 is 9.80 Å². The first-order valence-corrected chi connectivity index (χ1v) is 8.38. The van der Waals surface area contributed by atoms with Crippen LogP contribution in [0.4, 0.5) is 11.4 Å². The third kappa shape index (κ3) is 3.52. The van der Waals surface area contributed by atoms with Crippen LogP contribution in [0.25, 0.3) is 0 Å². The van der Waals surface area contributed by atoms with E-state index in [0.29, 0.717) is 11.1 Å². The van der Waals surface area contributed by atoms with Crippen LogP contribution in [0, 0.1) is 0 Å². The van der Waals surface area contributed by atoms with Crippen LogP contribution in [-0.2, 0) is 0 Å². The molecule has 5 heteroatoms. The molecular formula is C17H18Br2N2O. The van der Waals surface area contributed by atoms with Gasteiger partial charge >= 0.3 is 0 Å². The minimum absolute atomic E-state index is 0.0111. The van der Waals surface area contributed by atoms with E-state index < -0.39 is 0 Å². The summed E-state index contributed by atoms with van der Waals surface area (Å²) in [5.41, 5.74) is 3.42. The minimum atomic E-state index is 0.0111. The Morgan fingerprint density at radius 1 is 0.773 bits per heavy atom. The van der Waals surface area contributed by atoms with Gasteiger partial charge in [-0.05, 0) is 68.3 Å². The van der Waals surface area contributed by atoms with Crippen LogP contribution in [0.3, 0.4) is 0 Å². The molecule has 2 aromatic rings. The first-order chi connectivity index (χ1) is 10.3. The molecule has 0 saturated heterocycles. The molecule has 0 unspecified atom stereocenters. The van der Waals surface area contributed by atoms with E-state index in [1.165, 1.54) is 0 Å². The lowest BCUT2D eigenvalue weighted by atomic mass is 10.0. The summed E-state index contributed by atoms with van der Waals surface area (Å²) in [4.78, 5) is 16.6. The predicted octanol–water partition coefficient (Wildman–Crippen LogP) is 4.57. The molecule has 0 fully saturated rings. The molecule has 0 heterocycles. The van der Waals surface area contributed by atoms with Gasteiger partial charge in [0.2, 0.25) is 0 Å². The third-order valence-electron chi connectivity index (χ3n) is 3.38. The van der Waals surface area contributed by atoms with Gasteiger partial charge in [-0.3, -0.25) is 4.79 Å². The van der Waals surface area contributed by atoms with Crippen LogP contribution >= 0.6 is 31.9 Å². The van der Waals surface area contributed by atoms with E-state index in [4.69, 9.17) is 0 Å². The maximum absolute atomic E-state index is 12.6. The molecule has 0 aliphatic carbocycles. The number of hydrogen-bond acceptors (Lipinski definition) is 3. The molecule has 0 N–H and O–H groups in total. The summed E-state index contributed by atoms with van der Waals surface area (Å²) < 4.78 is 1.82. The van der Waals surface area contributed by atoms with Gasteiger partial charge in [-0.2, -0.15) is 0 Å². The second-order valence-electron chi connectivity index (χ2n) is 5.45. The first kappa shape index (κ1) is 17.0. The molecule has 0 radical (unpaired) electrons. The lowest BCUT2D eigenvalue weighted by Crippen LogP contribution is -2.11. The van der Waals surface area contributed by atoms with E-state index in [2.05, 4.69) is 31.9 Å². The zero-order valence-corrected chi connectivity index (χ0v) is 16.2. The number of ketones is 1. The molecule has 0 saturated carbocycles. The minimum Gasteiger partial charge on any atom is -0.377 e. The van der Waals surface area contributed by atoms with Crippen molar-refractivity contribution < 1.29 is 4.79 Å². The fourth-order valence-corrected chi connectivity index (χ4v) is 3.66. The lowest BCUT2D eigenvalue weighted by molar-refractivity contribution is 0.103. The summed E-state index contributed by atoms with van der Waals surface area (Å²) in [5.74, 6) is 0.0111. The van der Waals surface area contributed by atoms with Crippen molar-refractivity contribution in [2.45, 2.75) is 0 Å². The second kappa shape index (κ2) is 6.84. The van der Waals surface area contributed by atoms with Gasteiger partial charge in [0.1, 0.15) is 0 Å². The van der Waals surface area contributed by atoms with Gasteiger partial charge in [0.15, 0.2) is 5.78 Å². The average Bonchev–Trinajstić information content (AvgIpc) is 2.45. The van der Waals surface area contributed by atoms with Gasteiger partial charge in [-0.25, -0.2) is 0 Å². The van der Waals surface area contributed by atoms with Crippen molar-refractivity contribution in [3.63, 3.8) is 0 Å². The van der Waals surface area contributed by atoms with Crippen molar-refractivity contribution in [1.82, 2.24) is 0 Å². The Balaban J connectivity index is 2.36. The van der Waals surface area contributed by atoms with Crippen molar-refractivity contribution in [3.05, 3.63) is 56.5 Å². The number of anilines is 2.